The average molecular weight is 304 g/mol. The SMILES string of the molecule is COC(=O)C(Br)CNC(C)C1CC2CCC1C2. The molecule has 2 aliphatic rings. The lowest BCUT2D eigenvalue weighted by Gasteiger charge is -2.29. The Labute approximate surface area is 112 Å². The fraction of sp³-hybridized carbons (Fsp3) is 0.923. The molecule has 2 saturated carbocycles. The zero-order valence-electron chi connectivity index (χ0n) is 10.6. The van der Waals surface area contributed by atoms with Crippen molar-refractivity contribution in [2.75, 3.05) is 13.7 Å². The Balaban J connectivity index is 1.74. The van der Waals surface area contributed by atoms with Crippen LogP contribution in [0.25, 0.3) is 0 Å². The summed E-state index contributed by atoms with van der Waals surface area (Å²) < 4.78 is 4.69. The van der Waals surface area contributed by atoms with E-state index in [4.69, 9.17) is 4.74 Å². The number of hydrogen-bond acceptors (Lipinski definition) is 3. The van der Waals surface area contributed by atoms with E-state index in [1.165, 1.54) is 32.8 Å². The number of carbonyl (C=O) groups excluding carboxylic acids is 1. The number of hydrogen-bond donors (Lipinski definition) is 1. The highest BCUT2D eigenvalue weighted by Crippen LogP contribution is 2.49. The summed E-state index contributed by atoms with van der Waals surface area (Å²) in [7, 11) is 1.43. The van der Waals surface area contributed by atoms with Crippen LogP contribution >= 0.6 is 15.9 Å². The number of nitrogens with one attached hydrogen (secondary N) is 1. The fourth-order valence-electron chi connectivity index (χ4n) is 3.56. The molecule has 2 rings (SSSR count). The second-order valence-corrected chi connectivity index (χ2v) is 6.63. The maximum absolute atomic E-state index is 11.3. The van der Waals surface area contributed by atoms with Crippen LogP contribution in [-0.4, -0.2) is 30.5 Å². The van der Waals surface area contributed by atoms with Gasteiger partial charge in [0, 0.05) is 12.6 Å². The second kappa shape index (κ2) is 5.70. The predicted molar refractivity (Wildman–Crippen MR) is 71.1 cm³/mol. The summed E-state index contributed by atoms with van der Waals surface area (Å²) in [5.74, 6) is 2.52. The van der Waals surface area contributed by atoms with E-state index in [2.05, 4.69) is 28.2 Å². The number of alkyl halides is 1. The van der Waals surface area contributed by atoms with Gasteiger partial charge in [-0.15, -0.1) is 0 Å². The largest absolute Gasteiger partial charge is 0.468 e. The highest BCUT2D eigenvalue weighted by Gasteiger charge is 2.41. The van der Waals surface area contributed by atoms with Gasteiger partial charge in [-0.3, -0.25) is 4.79 Å². The van der Waals surface area contributed by atoms with Crippen LogP contribution < -0.4 is 5.32 Å². The standard InChI is InChI=1S/C13H22BrNO2/c1-8(15-7-12(14)13(16)17-2)11-6-9-3-4-10(11)5-9/h8-12,15H,3-7H2,1-2H3. The van der Waals surface area contributed by atoms with Crippen LogP contribution in [0.3, 0.4) is 0 Å². The lowest BCUT2D eigenvalue weighted by molar-refractivity contribution is -0.139. The summed E-state index contributed by atoms with van der Waals surface area (Å²) in [6.07, 6.45) is 5.67. The Kier molecular flexibility index (Phi) is 4.47. The third-order valence-corrected chi connectivity index (χ3v) is 5.21. The molecule has 0 heterocycles. The molecule has 0 spiro atoms. The van der Waals surface area contributed by atoms with Crippen molar-refractivity contribution >= 4 is 21.9 Å². The van der Waals surface area contributed by atoms with Crippen molar-refractivity contribution in [3.8, 4) is 0 Å². The minimum absolute atomic E-state index is 0.197. The molecule has 0 aromatic heterocycles. The molecule has 0 saturated heterocycles. The van der Waals surface area contributed by atoms with Gasteiger partial charge in [0.25, 0.3) is 0 Å². The van der Waals surface area contributed by atoms with Gasteiger partial charge in [-0.1, -0.05) is 22.4 Å². The van der Waals surface area contributed by atoms with Crippen LogP contribution in [0.1, 0.15) is 32.6 Å². The monoisotopic (exact) mass is 303 g/mol. The van der Waals surface area contributed by atoms with Gasteiger partial charge < -0.3 is 10.1 Å². The number of carbonyl (C=O) groups is 1. The molecule has 2 bridgehead atoms. The molecule has 17 heavy (non-hydrogen) atoms. The van der Waals surface area contributed by atoms with Crippen molar-refractivity contribution < 1.29 is 9.53 Å². The van der Waals surface area contributed by atoms with Crippen LogP contribution in [-0.2, 0) is 9.53 Å². The summed E-state index contributed by atoms with van der Waals surface area (Å²) in [4.78, 5) is 11.0. The maximum atomic E-state index is 11.3. The Morgan fingerprint density at radius 2 is 2.24 bits per heavy atom. The molecule has 2 fully saturated rings. The number of rotatable bonds is 5. The molecule has 1 N–H and O–H groups in total. The quantitative estimate of drug-likeness (QED) is 0.626. The number of halogens is 1. The van der Waals surface area contributed by atoms with E-state index in [1.54, 1.807) is 0 Å². The third kappa shape index (κ3) is 3.02. The zero-order chi connectivity index (χ0) is 12.4. The average Bonchev–Trinajstić information content (AvgIpc) is 2.96. The van der Waals surface area contributed by atoms with E-state index in [0.29, 0.717) is 12.6 Å². The maximum Gasteiger partial charge on any atom is 0.320 e. The molecular formula is C13H22BrNO2. The third-order valence-electron chi connectivity index (χ3n) is 4.51. The molecule has 5 unspecified atom stereocenters. The lowest BCUT2D eigenvalue weighted by Crippen LogP contribution is -2.41. The molecule has 4 heteroatoms. The van der Waals surface area contributed by atoms with Crippen molar-refractivity contribution in [3.05, 3.63) is 0 Å². The zero-order valence-corrected chi connectivity index (χ0v) is 12.2. The number of ether oxygens (including phenoxy) is 1. The molecule has 0 aromatic carbocycles. The molecule has 98 valence electrons. The van der Waals surface area contributed by atoms with E-state index < -0.39 is 0 Å². The number of methoxy groups -OCH3 is 1. The van der Waals surface area contributed by atoms with Gasteiger partial charge in [0.05, 0.1) is 7.11 Å². The molecule has 0 amide bonds. The Morgan fingerprint density at radius 3 is 2.76 bits per heavy atom. The normalized spacial score (nSPS) is 34.6. The van der Waals surface area contributed by atoms with Crippen molar-refractivity contribution in [2.24, 2.45) is 17.8 Å². The summed E-state index contributed by atoms with van der Waals surface area (Å²) in [6.45, 7) is 2.91. The van der Waals surface area contributed by atoms with Crippen molar-refractivity contribution in [2.45, 2.75) is 43.5 Å². The number of fused-ring (bicyclic) bond motifs is 2. The van der Waals surface area contributed by atoms with Crippen LogP contribution in [0.15, 0.2) is 0 Å². The van der Waals surface area contributed by atoms with Gasteiger partial charge in [0.1, 0.15) is 4.83 Å². The molecule has 0 radical (unpaired) electrons. The van der Waals surface area contributed by atoms with Crippen molar-refractivity contribution in [1.82, 2.24) is 5.32 Å². The minimum Gasteiger partial charge on any atom is -0.468 e. The summed E-state index contributed by atoms with van der Waals surface area (Å²) >= 11 is 3.34. The van der Waals surface area contributed by atoms with E-state index in [9.17, 15) is 4.79 Å². The highest BCUT2D eigenvalue weighted by molar-refractivity contribution is 9.10. The summed E-state index contributed by atoms with van der Waals surface area (Å²) in [5, 5.41) is 3.48. The number of esters is 1. The first-order chi connectivity index (χ1) is 8.11. The molecular weight excluding hydrogens is 282 g/mol. The fourth-order valence-corrected chi connectivity index (χ4v) is 3.93. The summed E-state index contributed by atoms with van der Waals surface area (Å²) in [6, 6.07) is 0.509. The van der Waals surface area contributed by atoms with Crippen molar-refractivity contribution in [3.63, 3.8) is 0 Å². The van der Waals surface area contributed by atoms with Gasteiger partial charge in [-0.05, 0) is 43.9 Å². The van der Waals surface area contributed by atoms with Gasteiger partial charge in [0.2, 0.25) is 0 Å². The van der Waals surface area contributed by atoms with E-state index in [-0.39, 0.29) is 10.8 Å². The smallest absolute Gasteiger partial charge is 0.320 e. The molecule has 2 aliphatic carbocycles. The molecule has 3 nitrogen and oxygen atoms in total. The Morgan fingerprint density at radius 1 is 1.47 bits per heavy atom. The van der Waals surface area contributed by atoms with Crippen molar-refractivity contribution in [1.29, 1.82) is 0 Å². The first-order valence-corrected chi connectivity index (χ1v) is 7.48. The highest BCUT2D eigenvalue weighted by atomic mass is 79.9. The minimum atomic E-state index is -0.228. The van der Waals surface area contributed by atoms with Crippen LogP contribution in [0, 0.1) is 17.8 Å². The first kappa shape index (κ1) is 13.3. The van der Waals surface area contributed by atoms with Crippen LogP contribution in [0.2, 0.25) is 0 Å². The molecule has 5 atom stereocenters. The van der Waals surface area contributed by atoms with Crippen LogP contribution in [0.4, 0.5) is 0 Å². The predicted octanol–water partition coefficient (Wildman–Crippen LogP) is 2.34. The van der Waals surface area contributed by atoms with Gasteiger partial charge in [-0.2, -0.15) is 0 Å². The first-order valence-electron chi connectivity index (χ1n) is 6.57. The van der Waals surface area contributed by atoms with Gasteiger partial charge in [0.15, 0.2) is 0 Å². The van der Waals surface area contributed by atoms with E-state index in [0.717, 1.165) is 17.8 Å². The summed E-state index contributed by atoms with van der Waals surface area (Å²) in [5.41, 5.74) is 0. The van der Waals surface area contributed by atoms with Gasteiger partial charge >= 0.3 is 5.97 Å². The lowest BCUT2D eigenvalue weighted by atomic mass is 9.84. The molecule has 0 aliphatic heterocycles. The van der Waals surface area contributed by atoms with Crippen LogP contribution in [0.5, 0.6) is 0 Å². The Hall–Kier alpha value is -0.0900. The topological polar surface area (TPSA) is 38.3 Å². The van der Waals surface area contributed by atoms with Gasteiger partial charge in [-0.25, -0.2) is 0 Å². The molecule has 0 aromatic rings. The van der Waals surface area contributed by atoms with E-state index in [1.807, 2.05) is 0 Å². The second-order valence-electron chi connectivity index (χ2n) is 5.53. The van der Waals surface area contributed by atoms with E-state index >= 15 is 0 Å². The Bertz CT molecular complexity index is 285.